The minimum absolute atomic E-state index is 0.0351. The first-order valence-corrected chi connectivity index (χ1v) is 8.77. The zero-order valence-corrected chi connectivity index (χ0v) is 13.5. The molecule has 2 saturated carbocycles. The van der Waals surface area contributed by atoms with Crippen LogP contribution in [0, 0.1) is 5.92 Å². The minimum atomic E-state index is -0.265. The highest BCUT2D eigenvalue weighted by atomic mass is 16.5. The van der Waals surface area contributed by atoms with Crippen molar-refractivity contribution in [2.75, 3.05) is 13.2 Å². The summed E-state index contributed by atoms with van der Waals surface area (Å²) in [5, 5.41) is 3.15. The third-order valence-electron chi connectivity index (χ3n) is 5.15. The summed E-state index contributed by atoms with van der Waals surface area (Å²) in [5.74, 6) is 0.681. The Balaban J connectivity index is 1.76. The Morgan fingerprint density at radius 3 is 2.52 bits per heavy atom. The second-order valence-electron chi connectivity index (χ2n) is 7.13. The number of carbonyl (C=O) groups excluding carboxylic acids is 1. The van der Waals surface area contributed by atoms with Crippen molar-refractivity contribution < 1.29 is 9.53 Å². The molecule has 122 valence electrons. The van der Waals surface area contributed by atoms with Crippen LogP contribution in [0.25, 0.3) is 0 Å². The van der Waals surface area contributed by atoms with Crippen molar-refractivity contribution in [3.8, 4) is 0 Å². The van der Waals surface area contributed by atoms with Crippen LogP contribution in [0.15, 0.2) is 0 Å². The first kappa shape index (κ1) is 16.8. The summed E-state index contributed by atoms with van der Waals surface area (Å²) in [7, 11) is 0. The number of rotatable bonds is 5. The van der Waals surface area contributed by atoms with E-state index in [2.05, 4.69) is 12.2 Å². The second-order valence-corrected chi connectivity index (χ2v) is 7.13. The Kier molecular flexibility index (Phi) is 6.49. The van der Waals surface area contributed by atoms with E-state index in [0.29, 0.717) is 18.5 Å². The van der Waals surface area contributed by atoms with E-state index in [9.17, 15) is 4.79 Å². The lowest BCUT2D eigenvalue weighted by Gasteiger charge is -2.39. The van der Waals surface area contributed by atoms with Gasteiger partial charge in [-0.15, -0.1) is 0 Å². The number of amides is 1. The summed E-state index contributed by atoms with van der Waals surface area (Å²) in [5.41, 5.74) is 5.67. The largest absolute Gasteiger partial charge is 0.364 e. The van der Waals surface area contributed by atoms with Gasteiger partial charge in [-0.1, -0.05) is 45.4 Å². The van der Waals surface area contributed by atoms with Crippen LogP contribution in [0.2, 0.25) is 0 Å². The average molecular weight is 296 g/mol. The van der Waals surface area contributed by atoms with Crippen molar-refractivity contribution >= 4 is 5.91 Å². The van der Waals surface area contributed by atoms with E-state index in [1.807, 2.05) is 0 Å². The van der Waals surface area contributed by atoms with Crippen LogP contribution in [-0.4, -0.2) is 30.7 Å². The molecule has 2 fully saturated rings. The molecule has 0 aromatic carbocycles. The number of nitrogens with one attached hydrogen (secondary N) is 1. The number of ether oxygens (including phenoxy) is 1. The third-order valence-corrected chi connectivity index (χ3v) is 5.15. The average Bonchev–Trinajstić information content (AvgIpc) is 2.74. The summed E-state index contributed by atoms with van der Waals surface area (Å²) in [6.07, 6.45) is 11.7. The highest BCUT2D eigenvalue weighted by Gasteiger charge is 2.35. The molecule has 0 bridgehead atoms. The molecule has 0 heterocycles. The predicted octanol–water partition coefficient (Wildman–Crippen LogP) is 2.75. The molecule has 0 aliphatic heterocycles. The molecular weight excluding hydrogens is 264 g/mol. The van der Waals surface area contributed by atoms with Gasteiger partial charge in [0.25, 0.3) is 0 Å². The molecule has 0 aromatic heterocycles. The lowest BCUT2D eigenvalue weighted by Crippen LogP contribution is -2.47. The Labute approximate surface area is 129 Å². The van der Waals surface area contributed by atoms with Gasteiger partial charge in [0.15, 0.2) is 0 Å². The second kappa shape index (κ2) is 8.14. The molecule has 2 rings (SSSR count). The smallest absolute Gasteiger partial charge is 0.246 e. The Morgan fingerprint density at radius 1 is 1.19 bits per heavy atom. The minimum Gasteiger partial charge on any atom is -0.364 e. The molecular formula is C17H32N2O2. The van der Waals surface area contributed by atoms with Crippen molar-refractivity contribution in [1.82, 2.24) is 5.32 Å². The van der Waals surface area contributed by atoms with Gasteiger partial charge in [-0.25, -0.2) is 0 Å². The van der Waals surface area contributed by atoms with Gasteiger partial charge in [0.05, 0.1) is 5.60 Å². The maximum Gasteiger partial charge on any atom is 0.246 e. The van der Waals surface area contributed by atoms with Crippen LogP contribution in [0.5, 0.6) is 0 Å². The topological polar surface area (TPSA) is 64.3 Å². The lowest BCUT2D eigenvalue weighted by molar-refractivity contribution is -0.137. The van der Waals surface area contributed by atoms with Crippen LogP contribution in [0.4, 0.5) is 0 Å². The van der Waals surface area contributed by atoms with Crippen LogP contribution >= 0.6 is 0 Å². The van der Waals surface area contributed by atoms with Crippen LogP contribution in [0.3, 0.4) is 0 Å². The SMILES string of the molecule is CC1CCCC(CN)(OCC(=O)NC2CCCCCC2)C1. The summed E-state index contributed by atoms with van der Waals surface area (Å²) >= 11 is 0. The normalized spacial score (nSPS) is 31.6. The third kappa shape index (κ3) is 5.26. The highest BCUT2D eigenvalue weighted by molar-refractivity contribution is 5.77. The Bertz CT molecular complexity index is 327. The van der Waals surface area contributed by atoms with Gasteiger partial charge in [-0.05, 0) is 31.6 Å². The Morgan fingerprint density at radius 2 is 1.90 bits per heavy atom. The molecule has 2 unspecified atom stereocenters. The van der Waals surface area contributed by atoms with Crippen molar-refractivity contribution in [2.24, 2.45) is 11.7 Å². The Hall–Kier alpha value is -0.610. The van der Waals surface area contributed by atoms with Gasteiger partial charge in [0.1, 0.15) is 6.61 Å². The van der Waals surface area contributed by atoms with Gasteiger partial charge >= 0.3 is 0 Å². The molecule has 0 spiro atoms. The fraction of sp³-hybridized carbons (Fsp3) is 0.941. The monoisotopic (exact) mass is 296 g/mol. The first-order chi connectivity index (χ1) is 10.1. The van der Waals surface area contributed by atoms with Crippen LogP contribution in [0.1, 0.15) is 71.1 Å². The van der Waals surface area contributed by atoms with Crippen molar-refractivity contribution in [2.45, 2.75) is 82.8 Å². The van der Waals surface area contributed by atoms with Gasteiger partial charge < -0.3 is 15.8 Å². The zero-order valence-electron chi connectivity index (χ0n) is 13.5. The highest BCUT2D eigenvalue weighted by Crippen LogP contribution is 2.34. The summed E-state index contributed by atoms with van der Waals surface area (Å²) in [6, 6.07) is 0.350. The summed E-state index contributed by atoms with van der Waals surface area (Å²) < 4.78 is 5.99. The van der Waals surface area contributed by atoms with Crippen molar-refractivity contribution in [1.29, 1.82) is 0 Å². The first-order valence-electron chi connectivity index (χ1n) is 8.77. The van der Waals surface area contributed by atoms with Crippen molar-refractivity contribution in [3.63, 3.8) is 0 Å². The van der Waals surface area contributed by atoms with Gasteiger partial charge in [-0.3, -0.25) is 4.79 Å². The van der Waals surface area contributed by atoms with Gasteiger partial charge in [-0.2, -0.15) is 0 Å². The van der Waals surface area contributed by atoms with Crippen molar-refractivity contribution in [3.05, 3.63) is 0 Å². The maximum absolute atomic E-state index is 12.1. The molecule has 4 heteroatoms. The van der Waals surface area contributed by atoms with E-state index in [1.54, 1.807) is 0 Å². The zero-order chi connectivity index (χ0) is 15.1. The number of hydrogen-bond donors (Lipinski definition) is 2. The standard InChI is InChI=1S/C17H32N2O2/c1-14-7-6-10-17(11-14,13-18)21-12-16(20)19-15-8-4-2-3-5-9-15/h14-15H,2-13,18H2,1H3,(H,19,20). The number of hydrogen-bond acceptors (Lipinski definition) is 3. The van der Waals surface area contributed by atoms with Crippen LogP contribution in [-0.2, 0) is 9.53 Å². The molecule has 0 radical (unpaired) electrons. The lowest BCUT2D eigenvalue weighted by atomic mass is 9.79. The number of carbonyl (C=O) groups is 1. The fourth-order valence-electron chi connectivity index (χ4n) is 3.90. The summed E-state index contributed by atoms with van der Waals surface area (Å²) in [6.45, 7) is 2.94. The molecule has 2 atom stereocenters. The molecule has 4 nitrogen and oxygen atoms in total. The molecule has 2 aliphatic carbocycles. The molecule has 1 amide bonds. The fourth-order valence-corrected chi connectivity index (χ4v) is 3.90. The van der Waals surface area contributed by atoms with Gasteiger partial charge in [0.2, 0.25) is 5.91 Å². The molecule has 21 heavy (non-hydrogen) atoms. The maximum atomic E-state index is 12.1. The van der Waals surface area contributed by atoms with Gasteiger partial charge in [0, 0.05) is 12.6 Å². The van der Waals surface area contributed by atoms with E-state index in [0.717, 1.165) is 32.1 Å². The molecule has 0 aromatic rings. The summed E-state index contributed by atoms with van der Waals surface area (Å²) in [4.78, 5) is 12.1. The molecule has 3 N–H and O–H groups in total. The van der Waals surface area contributed by atoms with E-state index < -0.39 is 0 Å². The quantitative estimate of drug-likeness (QED) is 0.767. The van der Waals surface area contributed by atoms with E-state index >= 15 is 0 Å². The van der Waals surface area contributed by atoms with E-state index in [4.69, 9.17) is 10.5 Å². The van der Waals surface area contributed by atoms with Crippen LogP contribution < -0.4 is 11.1 Å². The number of nitrogens with two attached hydrogens (primary N) is 1. The predicted molar refractivity (Wildman–Crippen MR) is 85.0 cm³/mol. The van der Waals surface area contributed by atoms with E-state index in [1.165, 1.54) is 32.1 Å². The molecule has 0 saturated heterocycles. The van der Waals surface area contributed by atoms with E-state index in [-0.39, 0.29) is 18.1 Å². The molecule has 2 aliphatic rings.